The van der Waals surface area contributed by atoms with Gasteiger partial charge in [0.2, 0.25) is 15.9 Å². The van der Waals surface area contributed by atoms with E-state index in [-0.39, 0.29) is 22.6 Å². The molecule has 2 unspecified atom stereocenters. The molecule has 8 heteroatoms. The maximum atomic E-state index is 12.6. The molecule has 0 aromatic carbocycles. The van der Waals surface area contributed by atoms with Gasteiger partial charge in [0.15, 0.2) is 0 Å². The Kier molecular flexibility index (Phi) is 4.31. The molecule has 0 aliphatic carbocycles. The van der Waals surface area contributed by atoms with Crippen molar-refractivity contribution in [2.75, 3.05) is 6.54 Å². The van der Waals surface area contributed by atoms with E-state index in [2.05, 4.69) is 4.98 Å². The van der Waals surface area contributed by atoms with Crippen LogP contribution in [0.2, 0.25) is 5.15 Å². The van der Waals surface area contributed by atoms with Crippen LogP contribution in [0.1, 0.15) is 19.8 Å². The van der Waals surface area contributed by atoms with Crippen LogP contribution < -0.4 is 5.73 Å². The largest absolute Gasteiger partial charge is 0.369 e. The number of carbonyl (C=O) groups excluding carboxylic acids is 1. The lowest BCUT2D eigenvalue weighted by molar-refractivity contribution is -0.123. The number of amides is 1. The molecule has 1 saturated heterocycles. The number of nitrogens with two attached hydrogens (primary N) is 1. The summed E-state index contributed by atoms with van der Waals surface area (Å²) in [4.78, 5) is 15.1. The summed E-state index contributed by atoms with van der Waals surface area (Å²) < 4.78 is 26.5. The van der Waals surface area contributed by atoms with Crippen molar-refractivity contribution in [3.63, 3.8) is 0 Å². The third-order valence-corrected chi connectivity index (χ3v) is 5.71. The van der Waals surface area contributed by atoms with Crippen molar-refractivity contribution in [1.29, 1.82) is 0 Å². The van der Waals surface area contributed by atoms with Gasteiger partial charge in [-0.3, -0.25) is 4.79 Å². The van der Waals surface area contributed by atoms with Crippen LogP contribution in [0.25, 0.3) is 0 Å². The van der Waals surface area contributed by atoms with Crippen LogP contribution >= 0.6 is 11.6 Å². The van der Waals surface area contributed by atoms with Crippen molar-refractivity contribution in [1.82, 2.24) is 9.29 Å². The number of primary amides is 1. The maximum Gasteiger partial charge on any atom is 0.243 e. The highest BCUT2D eigenvalue weighted by atomic mass is 35.5. The lowest BCUT2D eigenvalue weighted by Gasteiger charge is -2.35. The zero-order valence-electron chi connectivity index (χ0n) is 11.0. The third-order valence-electron chi connectivity index (χ3n) is 3.53. The fraction of sp³-hybridized carbons (Fsp3) is 0.500. The monoisotopic (exact) mass is 317 g/mol. The van der Waals surface area contributed by atoms with E-state index in [0.717, 1.165) is 0 Å². The van der Waals surface area contributed by atoms with Crippen molar-refractivity contribution >= 4 is 27.5 Å². The topological polar surface area (TPSA) is 93.4 Å². The first-order valence-electron chi connectivity index (χ1n) is 6.25. The van der Waals surface area contributed by atoms with Crippen molar-refractivity contribution < 1.29 is 13.2 Å². The van der Waals surface area contributed by atoms with Crippen LogP contribution in [0, 0.1) is 5.92 Å². The molecule has 2 atom stereocenters. The fourth-order valence-electron chi connectivity index (χ4n) is 2.32. The molecule has 1 aromatic rings. The van der Waals surface area contributed by atoms with E-state index >= 15 is 0 Å². The van der Waals surface area contributed by atoms with Gasteiger partial charge in [-0.1, -0.05) is 11.6 Å². The molecule has 1 aliphatic rings. The number of halogens is 1. The van der Waals surface area contributed by atoms with Crippen LogP contribution in [0.5, 0.6) is 0 Å². The summed E-state index contributed by atoms with van der Waals surface area (Å²) in [6.07, 6.45) is 2.56. The van der Waals surface area contributed by atoms with Gasteiger partial charge in [0.05, 0.1) is 10.8 Å². The maximum absolute atomic E-state index is 12.6. The van der Waals surface area contributed by atoms with Crippen molar-refractivity contribution in [2.45, 2.75) is 30.7 Å². The minimum atomic E-state index is -3.70. The van der Waals surface area contributed by atoms with E-state index in [0.29, 0.717) is 12.8 Å². The standard InChI is InChI=1S/C12H16ClN3O3S/c1-8-2-3-9(12(14)17)7-16(8)20(18,19)10-4-5-15-11(13)6-10/h4-6,8-9H,2-3,7H2,1H3,(H2,14,17). The highest BCUT2D eigenvalue weighted by Gasteiger charge is 2.36. The Hall–Kier alpha value is -1.18. The Morgan fingerprint density at radius 3 is 2.80 bits per heavy atom. The summed E-state index contributed by atoms with van der Waals surface area (Å²) in [7, 11) is -3.70. The molecule has 2 heterocycles. The first-order chi connectivity index (χ1) is 9.32. The fourth-order valence-corrected chi connectivity index (χ4v) is 4.28. The molecule has 110 valence electrons. The number of sulfonamides is 1. The molecule has 1 aliphatic heterocycles. The summed E-state index contributed by atoms with van der Waals surface area (Å²) in [5, 5.41) is 0.113. The quantitative estimate of drug-likeness (QED) is 0.842. The molecule has 1 amide bonds. The summed E-state index contributed by atoms with van der Waals surface area (Å²) >= 11 is 5.74. The van der Waals surface area contributed by atoms with Crippen LogP contribution in [0.15, 0.2) is 23.2 Å². The first kappa shape index (κ1) is 15.2. The Labute approximate surface area is 123 Å². The van der Waals surface area contributed by atoms with Crippen molar-refractivity contribution in [2.24, 2.45) is 11.7 Å². The normalized spacial score (nSPS) is 24.5. The van der Waals surface area contributed by atoms with E-state index in [9.17, 15) is 13.2 Å². The SMILES string of the molecule is CC1CCC(C(N)=O)CN1S(=O)(=O)c1ccnc(Cl)c1. The van der Waals surface area contributed by atoms with Gasteiger partial charge in [-0.05, 0) is 31.9 Å². The average Bonchev–Trinajstić information content (AvgIpc) is 2.38. The number of hydrogen-bond acceptors (Lipinski definition) is 4. The van der Waals surface area contributed by atoms with Crippen LogP contribution in [-0.4, -0.2) is 36.2 Å². The number of pyridine rings is 1. The second-order valence-corrected chi connectivity index (χ2v) is 7.19. The van der Waals surface area contributed by atoms with Gasteiger partial charge in [-0.2, -0.15) is 4.31 Å². The molecule has 20 heavy (non-hydrogen) atoms. The highest BCUT2D eigenvalue weighted by molar-refractivity contribution is 7.89. The molecule has 2 rings (SSSR count). The molecule has 0 spiro atoms. The van der Waals surface area contributed by atoms with Gasteiger partial charge >= 0.3 is 0 Å². The molecular weight excluding hydrogens is 302 g/mol. The van der Waals surface area contributed by atoms with Gasteiger partial charge < -0.3 is 5.73 Å². The first-order valence-corrected chi connectivity index (χ1v) is 8.07. The third kappa shape index (κ3) is 2.94. The lowest BCUT2D eigenvalue weighted by atomic mass is 9.95. The van der Waals surface area contributed by atoms with Gasteiger partial charge in [0.1, 0.15) is 5.15 Å². The van der Waals surface area contributed by atoms with E-state index in [1.165, 1.54) is 22.6 Å². The molecule has 2 N–H and O–H groups in total. The lowest BCUT2D eigenvalue weighted by Crippen LogP contribution is -2.48. The summed E-state index contributed by atoms with van der Waals surface area (Å²) in [5.41, 5.74) is 5.29. The molecule has 1 fully saturated rings. The smallest absolute Gasteiger partial charge is 0.243 e. The van der Waals surface area contributed by atoms with Crippen LogP contribution in [0.3, 0.4) is 0 Å². The Morgan fingerprint density at radius 1 is 1.50 bits per heavy atom. The van der Waals surface area contributed by atoms with E-state index < -0.39 is 21.8 Å². The number of rotatable bonds is 3. The number of carbonyl (C=O) groups is 1. The molecule has 1 aromatic heterocycles. The predicted molar refractivity (Wildman–Crippen MR) is 74.5 cm³/mol. The van der Waals surface area contributed by atoms with E-state index in [4.69, 9.17) is 17.3 Å². The van der Waals surface area contributed by atoms with E-state index in [1.54, 1.807) is 0 Å². The Balaban J connectivity index is 2.34. The van der Waals surface area contributed by atoms with Gasteiger partial charge in [0.25, 0.3) is 0 Å². The minimum Gasteiger partial charge on any atom is -0.369 e. The molecule has 6 nitrogen and oxygen atoms in total. The number of aromatic nitrogens is 1. The van der Waals surface area contributed by atoms with Gasteiger partial charge in [-0.25, -0.2) is 13.4 Å². The highest BCUT2D eigenvalue weighted by Crippen LogP contribution is 2.28. The van der Waals surface area contributed by atoms with Crippen molar-refractivity contribution in [3.05, 3.63) is 23.5 Å². The summed E-state index contributed by atoms with van der Waals surface area (Å²) in [6.45, 7) is 1.93. The molecular formula is C12H16ClN3O3S. The van der Waals surface area contributed by atoms with Gasteiger partial charge in [-0.15, -0.1) is 0 Å². The van der Waals surface area contributed by atoms with Crippen LogP contribution in [0.4, 0.5) is 0 Å². The summed E-state index contributed by atoms with van der Waals surface area (Å²) in [6, 6.07) is 2.52. The zero-order chi connectivity index (χ0) is 14.9. The minimum absolute atomic E-state index is 0.0782. The zero-order valence-corrected chi connectivity index (χ0v) is 12.6. The van der Waals surface area contributed by atoms with Crippen LogP contribution in [-0.2, 0) is 14.8 Å². The second kappa shape index (κ2) is 5.67. The Morgan fingerprint density at radius 2 is 2.20 bits per heavy atom. The average molecular weight is 318 g/mol. The van der Waals surface area contributed by atoms with Gasteiger partial charge in [0, 0.05) is 18.8 Å². The summed E-state index contributed by atoms with van der Waals surface area (Å²) in [5.74, 6) is -0.914. The molecule has 0 saturated carbocycles. The molecule has 0 bridgehead atoms. The molecule has 0 radical (unpaired) electrons. The number of hydrogen-bond donors (Lipinski definition) is 1. The Bertz CT molecular complexity index is 620. The number of piperidine rings is 1. The van der Waals surface area contributed by atoms with E-state index in [1.807, 2.05) is 6.92 Å². The van der Waals surface area contributed by atoms with Crippen molar-refractivity contribution in [3.8, 4) is 0 Å². The number of nitrogens with zero attached hydrogens (tertiary/aromatic N) is 2. The second-order valence-electron chi connectivity index (χ2n) is 4.91. The predicted octanol–water partition coefficient (Wildman–Crippen LogP) is 1.01.